The largest absolute Gasteiger partial charge is 0.490 e. The van der Waals surface area contributed by atoms with E-state index in [-0.39, 0.29) is 0 Å². The zero-order chi connectivity index (χ0) is 13.0. The Morgan fingerprint density at radius 3 is 2.67 bits per heavy atom. The summed E-state index contributed by atoms with van der Waals surface area (Å²) in [7, 11) is 0. The van der Waals surface area contributed by atoms with E-state index in [1.807, 2.05) is 19.9 Å². The lowest BCUT2D eigenvalue weighted by atomic mass is 10.3. The maximum absolute atomic E-state index is 11.9. The first-order valence-electron chi connectivity index (χ1n) is 5.57. The van der Waals surface area contributed by atoms with Gasteiger partial charge in [-0.05, 0) is 26.0 Å². The molecule has 1 aromatic heterocycles. The molecular weight excluding hydrogens is 250 g/mol. The lowest BCUT2D eigenvalue weighted by Crippen LogP contribution is -2.10. The third kappa shape index (κ3) is 2.87. The van der Waals surface area contributed by atoms with Crippen molar-refractivity contribution >= 4 is 17.3 Å². The van der Waals surface area contributed by atoms with E-state index in [0.29, 0.717) is 23.8 Å². The molecule has 0 unspecified atom stereocenters. The number of hydrogen-bond donors (Lipinski definition) is 0. The molecule has 0 amide bonds. The highest BCUT2D eigenvalue weighted by Crippen LogP contribution is 2.27. The first-order valence-corrected chi connectivity index (χ1v) is 6.44. The molecule has 0 bridgehead atoms. The summed E-state index contributed by atoms with van der Waals surface area (Å²) in [4.78, 5) is 15.9. The predicted molar refractivity (Wildman–Crippen MR) is 69.4 cm³/mol. The number of thiazole rings is 1. The highest BCUT2D eigenvalue weighted by atomic mass is 32.1. The highest BCUT2D eigenvalue weighted by molar-refractivity contribution is 7.09. The third-order valence-corrected chi connectivity index (χ3v) is 2.95. The maximum atomic E-state index is 11.9. The fourth-order valence-corrected chi connectivity index (χ4v) is 2.00. The predicted octanol–water partition coefficient (Wildman–Crippen LogP) is 3.07. The number of carbonyl (C=O) groups is 1. The van der Waals surface area contributed by atoms with Crippen LogP contribution in [0.1, 0.15) is 22.4 Å². The van der Waals surface area contributed by atoms with Gasteiger partial charge in [0, 0.05) is 5.38 Å². The summed E-state index contributed by atoms with van der Waals surface area (Å²) in [6.45, 7) is 4.24. The van der Waals surface area contributed by atoms with Crippen LogP contribution in [0.15, 0.2) is 29.6 Å². The van der Waals surface area contributed by atoms with Crippen molar-refractivity contribution in [1.82, 2.24) is 4.98 Å². The topological polar surface area (TPSA) is 48.4 Å². The smallest absolute Gasteiger partial charge is 0.363 e. The van der Waals surface area contributed by atoms with Crippen LogP contribution in [-0.2, 0) is 0 Å². The minimum atomic E-state index is -0.466. The molecule has 2 aromatic rings. The van der Waals surface area contributed by atoms with Crippen LogP contribution in [0, 0.1) is 6.92 Å². The van der Waals surface area contributed by atoms with Gasteiger partial charge in [0.15, 0.2) is 17.2 Å². The van der Waals surface area contributed by atoms with Crippen molar-refractivity contribution in [2.24, 2.45) is 0 Å². The lowest BCUT2D eigenvalue weighted by molar-refractivity contribution is 0.0723. The Morgan fingerprint density at radius 1 is 1.33 bits per heavy atom. The summed E-state index contributed by atoms with van der Waals surface area (Å²) < 4.78 is 10.7. The number of esters is 1. The van der Waals surface area contributed by atoms with Crippen molar-refractivity contribution in [1.29, 1.82) is 0 Å². The minimum Gasteiger partial charge on any atom is -0.490 e. The van der Waals surface area contributed by atoms with Gasteiger partial charge in [-0.2, -0.15) is 0 Å². The number of carbonyl (C=O) groups excluding carboxylic acids is 1. The van der Waals surface area contributed by atoms with E-state index < -0.39 is 5.97 Å². The molecule has 0 atom stereocenters. The average molecular weight is 263 g/mol. The standard InChI is InChI=1S/C13H13NO3S/c1-3-16-11-6-4-5-7-12(11)17-13(15)10-8-18-9(2)14-10/h4-8H,3H2,1-2H3. The fraction of sp³-hybridized carbons (Fsp3) is 0.231. The van der Waals surface area contributed by atoms with Gasteiger partial charge in [-0.25, -0.2) is 9.78 Å². The monoisotopic (exact) mass is 263 g/mol. The van der Waals surface area contributed by atoms with Gasteiger partial charge in [0.1, 0.15) is 0 Å². The molecule has 0 spiro atoms. The molecule has 5 heteroatoms. The van der Waals surface area contributed by atoms with E-state index in [1.165, 1.54) is 11.3 Å². The molecule has 0 aliphatic heterocycles. The Bertz CT molecular complexity index is 551. The first-order chi connectivity index (χ1) is 8.70. The van der Waals surface area contributed by atoms with Crippen molar-refractivity contribution in [3.05, 3.63) is 40.3 Å². The highest BCUT2D eigenvalue weighted by Gasteiger charge is 2.14. The van der Waals surface area contributed by atoms with E-state index in [1.54, 1.807) is 23.6 Å². The molecule has 2 rings (SSSR count). The summed E-state index contributed by atoms with van der Waals surface area (Å²) in [6.07, 6.45) is 0. The number of rotatable bonds is 4. The molecule has 0 aliphatic rings. The van der Waals surface area contributed by atoms with Gasteiger partial charge in [0.25, 0.3) is 0 Å². The Balaban J connectivity index is 2.16. The molecule has 0 saturated carbocycles. The van der Waals surface area contributed by atoms with Crippen LogP contribution in [0.2, 0.25) is 0 Å². The van der Waals surface area contributed by atoms with Crippen molar-refractivity contribution < 1.29 is 14.3 Å². The average Bonchev–Trinajstić information content (AvgIpc) is 2.79. The molecule has 1 aromatic carbocycles. The normalized spacial score (nSPS) is 10.1. The second-order valence-electron chi connectivity index (χ2n) is 3.52. The summed E-state index contributed by atoms with van der Waals surface area (Å²) in [5, 5.41) is 2.51. The fourth-order valence-electron chi connectivity index (χ4n) is 1.42. The van der Waals surface area contributed by atoms with Gasteiger partial charge in [0.05, 0.1) is 11.6 Å². The minimum absolute atomic E-state index is 0.323. The molecule has 94 valence electrons. The van der Waals surface area contributed by atoms with Crippen LogP contribution in [0.5, 0.6) is 11.5 Å². The summed E-state index contributed by atoms with van der Waals surface area (Å²) in [5.41, 5.74) is 0.323. The van der Waals surface area contributed by atoms with Gasteiger partial charge in [0.2, 0.25) is 0 Å². The molecule has 1 heterocycles. The Kier molecular flexibility index (Phi) is 3.94. The van der Waals surface area contributed by atoms with Gasteiger partial charge < -0.3 is 9.47 Å². The van der Waals surface area contributed by atoms with Gasteiger partial charge in [-0.3, -0.25) is 0 Å². The second kappa shape index (κ2) is 5.64. The molecule has 0 fully saturated rings. The van der Waals surface area contributed by atoms with Crippen LogP contribution in [0.4, 0.5) is 0 Å². The van der Waals surface area contributed by atoms with Crippen LogP contribution < -0.4 is 9.47 Å². The zero-order valence-electron chi connectivity index (χ0n) is 10.2. The lowest BCUT2D eigenvalue weighted by Gasteiger charge is -2.09. The van der Waals surface area contributed by atoms with E-state index in [0.717, 1.165) is 5.01 Å². The molecular formula is C13H13NO3S. The van der Waals surface area contributed by atoms with Crippen LogP contribution >= 0.6 is 11.3 Å². The van der Waals surface area contributed by atoms with Crippen LogP contribution in [0.3, 0.4) is 0 Å². The third-order valence-electron chi connectivity index (χ3n) is 2.18. The number of ether oxygens (including phenoxy) is 2. The molecule has 0 aliphatic carbocycles. The molecule has 0 radical (unpaired) electrons. The number of aryl methyl sites for hydroxylation is 1. The number of benzene rings is 1. The van der Waals surface area contributed by atoms with Crippen molar-refractivity contribution in [3.63, 3.8) is 0 Å². The van der Waals surface area contributed by atoms with E-state index in [2.05, 4.69) is 4.98 Å². The second-order valence-corrected chi connectivity index (χ2v) is 4.58. The van der Waals surface area contributed by atoms with Crippen LogP contribution in [-0.4, -0.2) is 17.6 Å². The SMILES string of the molecule is CCOc1ccccc1OC(=O)c1csc(C)n1. The van der Waals surface area contributed by atoms with Gasteiger partial charge in [-0.15, -0.1) is 11.3 Å². The summed E-state index contributed by atoms with van der Waals surface area (Å²) >= 11 is 1.41. The molecule has 18 heavy (non-hydrogen) atoms. The zero-order valence-corrected chi connectivity index (χ0v) is 11.0. The first kappa shape index (κ1) is 12.6. The van der Waals surface area contributed by atoms with Gasteiger partial charge in [-0.1, -0.05) is 12.1 Å². The molecule has 0 saturated heterocycles. The van der Waals surface area contributed by atoms with Crippen molar-refractivity contribution in [2.75, 3.05) is 6.61 Å². The summed E-state index contributed by atoms with van der Waals surface area (Å²) in [6, 6.07) is 7.08. The Morgan fingerprint density at radius 2 is 2.06 bits per heavy atom. The maximum Gasteiger partial charge on any atom is 0.363 e. The Labute approximate surface area is 109 Å². The van der Waals surface area contributed by atoms with Crippen molar-refractivity contribution in [3.8, 4) is 11.5 Å². The molecule has 0 N–H and O–H groups in total. The van der Waals surface area contributed by atoms with Crippen LogP contribution in [0.25, 0.3) is 0 Å². The van der Waals surface area contributed by atoms with E-state index >= 15 is 0 Å². The number of aromatic nitrogens is 1. The van der Waals surface area contributed by atoms with E-state index in [9.17, 15) is 4.79 Å². The number of para-hydroxylation sites is 2. The Hall–Kier alpha value is -1.88. The molecule has 4 nitrogen and oxygen atoms in total. The quantitative estimate of drug-likeness (QED) is 0.628. The number of nitrogens with zero attached hydrogens (tertiary/aromatic N) is 1. The van der Waals surface area contributed by atoms with E-state index in [4.69, 9.17) is 9.47 Å². The summed E-state index contributed by atoms with van der Waals surface area (Å²) in [5.74, 6) is 0.502. The number of hydrogen-bond acceptors (Lipinski definition) is 5. The van der Waals surface area contributed by atoms with Crippen molar-refractivity contribution in [2.45, 2.75) is 13.8 Å². The van der Waals surface area contributed by atoms with Gasteiger partial charge >= 0.3 is 5.97 Å².